The fraction of sp³-hybridized carbons (Fsp3) is 0.188. The van der Waals surface area contributed by atoms with E-state index < -0.39 is 11.7 Å². The van der Waals surface area contributed by atoms with Crippen LogP contribution in [-0.2, 0) is 6.18 Å². The van der Waals surface area contributed by atoms with Crippen LogP contribution in [0.15, 0.2) is 47.6 Å². The van der Waals surface area contributed by atoms with Crippen LogP contribution >= 0.6 is 0 Å². The van der Waals surface area contributed by atoms with Crippen LogP contribution in [0.5, 0.6) is 5.75 Å². The molecule has 0 aliphatic carbocycles. The van der Waals surface area contributed by atoms with Crippen molar-refractivity contribution >= 4 is 11.9 Å². The zero-order chi connectivity index (χ0) is 16.2. The molecule has 1 N–H and O–H groups in total. The third-order valence-electron chi connectivity index (χ3n) is 3.04. The number of alkyl halides is 3. The zero-order valence-electron chi connectivity index (χ0n) is 12.1. The van der Waals surface area contributed by atoms with Crippen LogP contribution in [-0.4, -0.2) is 13.3 Å². The predicted octanol–water partition coefficient (Wildman–Crippen LogP) is 4.47. The first-order valence-corrected chi connectivity index (χ1v) is 6.51. The molecule has 0 spiro atoms. The van der Waals surface area contributed by atoms with Gasteiger partial charge in [-0.2, -0.15) is 18.3 Å². The fourth-order valence-corrected chi connectivity index (χ4v) is 1.90. The highest BCUT2D eigenvalue weighted by Crippen LogP contribution is 2.29. The molecule has 0 aliphatic rings. The molecule has 2 rings (SSSR count). The van der Waals surface area contributed by atoms with Crippen molar-refractivity contribution in [2.24, 2.45) is 5.10 Å². The second-order valence-electron chi connectivity index (χ2n) is 4.67. The highest BCUT2D eigenvalue weighted by molar-refractivity contribution is 5.80. The van der Waals surface area contributed by atoms with Gasteiger partial charge in [0.25, 0.3) is 0 Å². The molecule has 0 fully saturated rings. The van der Waals surface area contributed by atoms with Crippen LogP contribution < -0.4 is 10.2 Å². The predicted molar refractivity (Wildman–Crippen MR) is 80.4 cm³/mol. The average Bonchev–Trinajstić information content (AvgIpc) is 2.47. The molecule has 0 unspecified atom stereocenters. The van der Waals surface area contributed by atoms with E-state index in [-0.39, 0.29) is 0 Å². The normalized spacial score (nSPS) is 11.7. The standard InChI is InChI=1S/C16H15F3N2O/c1-11-9-12(3-8-15(11)22-2)10-20-21-14-6-4-13(5-7-14)16(17,18)19/h3-10,21H,1-2H3/b20-10+. The molecule has 116 valence electrons. The van der Waals surface area contributed by atoms with Gasteiger partial charge in [-0.05, 0) is 60.5 Å². The minimum Gasteiger partial charge on any atom is -0.496 e. The quantitative estimate of drug-likeness (QED) is 0.668. The number of ether oxygens (including phenoxy) is 1. The van der Waals surface area contributed by atoms with Crippen LogP contribution in [0.2, 0.25) is 0 Å². The first-order chi connectivity index (χ1) is 10.4. The van der Waals surface area contributed by atoms with Crippen molar-refractivity contribution in [2.45, 2.75) is 13.1 Å². The second-order valence-corrected chi connectivity index (χ2v) is 4.67. The Morgan fingerprint density at radius 1 is 1.09 bits per heavy atom. The van der Waals surface area contributed by atoms with Crippen LogP contribution in [0.3, 0.4) is 0 Å². The van der Waals surface area contributed by atoms with Crippen molar-refractivity contribution in [3.8, 4) is 5.75 Å². The van der Waals surface area contributed by atoms with Gasteiger partial charge in [-0.3, -0.25) is 5.43 Å². The molecule has 0 radical (unpaired) electrons. The Labute approximate surface area is 126 Å². The number of methoxy groups -OCH3 is 1. The maximum atomic E-state index is 12.4. The lowest BCUT2D eigenvalue weighted by molar-refractivity contribution is -0.137. The van der Waals surface area contributed by atoms with Crippen LogP contribution in [0.4, 0.5) is 18.9 Å². The van der Waals surface area contributed by atoms with Gasteiger partial charge in [-0.1, -0.05) is 0 Å². The number of hydrogen-bond donors (Lipinski definition) is 1. The maximum Gasteiger partial charge on any atom is 0.416 e. The molecule has 0 bridgehead atoms. The van der Waals surface area contributed by atoms with Gasteiger partial charge in [0.1, 0.15) is 5.75 Å². The first kappa shape index (κ1) is 15.9. The summed E-state index contributed by atoms with van der Waals surface area (Å²) in [6.07, 6.45) is -2.74. The van der Waals surface area contributed by atoms with Gasteiger partial charge in [0.15, 0.2) is 0 Å². The van der Waals surface area contributed by atoms with Crippen molar-refractivity contribution in [1.29, 1.82) is 0 Å². The van der Waals surface area contributed by atoms with Crippen LogP contribution in [0, 0.1) is 6.92 Å². The number of halogens is 3. The molecule has 22 heavy (non-hydrogen) atoms. The van der Waals surface area contributed by atoms with Gasteiger partial charge in [0.05, 0.1) is 24.6 Å². The third kappa shape index (κ3) is 4.00. The number of nitrogens with zero attached hydrogens (tertiary/aromatic N) is 1. The fourth-order valence-electron chi connectivity index (χ4n) is 1.90. The van der Waals surface area contributed by atoms with E-state index in [0.29, 0.717) is 5.69 Å². The number of hydrazone groups is 1. The van der Waals surface area contributed by atoms with E-state index in [2.05, 4.69) is 10.5 Å². The molecule has 0 saturated heterocycles. The van der Waals surface area contributed by atoms with E-state index in [1.165, 1.54) is 12.1 Å². The summed E-state index contributed by atoms with van der Waals surface area (Å²) in [6.45, 7) is 1.92. The van der Waals surface area contributed by atoms with Crippen molar-refractivity contribution < 1.29 is 17.9 Å². The number of rotatable bonds is 4. The molecule has 0 saturated carbocycles. The Bertz CT molecular complexity index is 664. The largest absolute Gasteiger partial charge is 0.496 e. The Kier molecular flexibility index (Phi) is 4.70. The molecule has 6 heteroatoms. The summed E-state index contributed by atoms with van der Waals surface area (Å²) in [6, 6.07) is 10.2. The molecule has 2 aromatic rings. The number of aryl methyl sites for hydroxylation is 1. The highest BCUT2D eigenvalue weighted by atomic mass is 19.4. The van der Waals surface area contributed by atoms with Gasteiger partial charge in [-0.15, -0.1) is 0 Å². The first-order valence-electron chi connectivity index (χ1n) is 6.51. The third-order valence-corrected chi connectivity index (χ3v) is 3.04. The highest BCUT2D eigenvalue weighted by Gasteiger charge is 2.29. The summed E-state index contributed by atoms with van der Waals surface area (Å²) in [7, 11) is 1.60. The summed E-state index contributed by atoms with van der Waals surface area (Å²) in [5.74, 6) is 0.785. The molecule has 3 nitrogen and oxygen atoms in total. The van der Waals surface area contributed by atoms with E-state index in [1.807, 2.05) is 25.1 Å². The lowest BCUT2D eigenvalue weighted by atomic mass is 10.1. The average molecular weight is 308 g/mol. The summed E-state index contributed by atoms with van der Waals surface area (Å²) in [4.78, 5) is 0. The monoisotopic (exact) mass is 308 g/mol. The molecule has 0 amide bonds. The minimum absolute atomic E-state index is 0.481. The lowest BCUT2D eigenvalue weighted by Gasteiger charge is -2.07. The molecular formula is C16H15F3N2O. The molecular weight excluding hydrogens is 293 g/mol. The Balaban J connectivity index is 2.02. The summed E-state index contributed by atoms with van der Waals surface area (Å²) in [5.41, 5.74) is 4.32. The summed E-state index contributed by atoms with van der Waals surface area (Å²) >= 11 is 0. The van der Waals surface area contributed by atoms with Gasteiger partial charge >= 0.3 is 6.18 Å². The number of anilines is 1. The Morgan fingerprint density at radius 3 is 2.32 bits per heavy atom. The minimum atomic E-state index is -4.33. The van der Waals surface area contributed by atoms with E-state index >= 15 is 0 Å². The maximum absolute atomic E-state index is 12.4. The van der Waals surface area contributed by atoms with Gasteiger partial charge < -0.3 is 4.74 Å². The molecule has 0 aromatic heterocycles. The Morgan fingerprint density at radius 2 is 1.77 bits per heavy atom. The SMILES string of the molecule is COc1ccc(/C=N/Nc2ccc(C(F)(F)F)cc2)cc1C. The molecule has 0 aliphatic heterocycles. The smallest absolute Gasteiger partial charge is 0.416 e. The topological polar surface area (TPSA) is 33.6 Å². The van der Waals surface area contributed by atoms with Crippen molar-refractivity contribution in [3.63, 3.8) is 0 Å². The van der Waals surface area contributed by atoms with Crippen LogP contribution in [0.1, 0.15) is 16.7 Å². The van der Waals surface area contributed by atoms with Crippen LogP contribution in [0.25, 0.3) is 0 Å². The Hall–Kier alpha value is -2.50. The second kappa shape index (κ2) is 6.51. The number of hydrogen-bond acceptors (Lipinski definition) is 3. The molecule has 0 atom stereocenters. The van der Waals surface area contributed by atoms with Gasteiger partial charge in [-0.25, -0.2) is 0 Å². The van der Waals surface area contributed by atoms with Gasteiger partial charge in [0, 0.05) is 0 Å². The van der Waals surface area contributed by atoms with Crippen molar-refractivity contribution in [3.05, 3.63) is 59.2 Å². The lowest BCUT2D eigenvalue weighted by Crippen LogP contribution is -2.04. The van der Waals surface area contributed by atoms with E-state index in [4.69, 9.17) is 4.74 Å². The molecule has 0 heterocycles. The van der Waals surface area contributed by atoms with Crippen molar-refractivity contribution in [2.75, 3.05) is 12.5 Å². The van der Waals surface area contributed by atoms with Crippen molar-refractivity contribution in [1.82, 2.24) is 0 Å². The van der Waals surface area contributed by atoms with E-state index in [9.17, 15) is 13.2 Å². The molecule has 2 aromatic carbocycles. The number of benzene rings is 2. The van der Waals surface area contributed by atoms with E-state index in [1.54, 1.807) is 13.3 Å². The zero-order valence-corrected chi connectivity index (χ0v) is 12.1. The summed E-state index contributed by atoms with van der Waals surface area (Å²) in [5, 5.41) is 4.00. The number of nitrogens with one attached hydrogen (secondary N) is 1. The van der Waals surface area contributed by atoms with E-state index in [0.717, 1.165) is 29.0 Å². The van der Waals surface area contributed by atoms with Gasteiger partial charge in [0.2, 0.25) is 0 Å². The summed E-state index contributed by atoms with van der Waals surface area (Å²) < 4.78 is 42.5.